The zero-order valence-corrected chi connectivity index (χ0v) is 1.80. The lowest BCUT2D eigenvalue weighted by atomic mass is 11.6. The molecule has 24 valence electrons. The molecule has 0 aromatic carbocycles. The third-order valence-corrected chi connectivity index (χ3v) is 0. The standard InChI is InChI=1S/CH2O3/c2-1(3)4/h(H2,2,3,4)/i2+2,3+2,4+2. The smallest absolute Gasteiger partial charge is 0.450 e. The fourth-order valence-corrected chi connectivity index (χ4v) is 0. The van der Waals surface area contributed by atoms with Crippen molar-refractivity contribution in [3.05, 3.63) is 0 Å². The summed E-state index contributed by atoms with van der Waals surface area (Å²) in [5, 5.41) is 13.9. The highest BCUT2D eigenvalue weighted by Gasteiger charge is 1.70. The van der Waals surface area contributed by atoms with Gasteiger partial charge in [0.1, 0.15) is 0 Å². The maximum absolute atomic E-state index is 8.56. The minimum atomic E-state index is -1.83. The van der Waals surface area contributed by atoms with E-state index >= 15 is 0 Å². The Morgan fingerprint density at radius 3 is 1.50 bits per heavy atom. The average molecular weight is 68.0 g/mol. The molecule has 0 bridgehead atoms. The van der Waals surface area contributed by atoms with Gasteiger partial charge in [-0.3, -0.25) is 0 Å². The van der Waals surface area contributed by atoms with E-state index in [1.807, 2.05) is 0 Å². The van der Waals surface area contributed by atoms with Gasteiger partial charge in [0.15, 0.2) is 0 Å². The molecule has 3 heteroatoms. The van der Waals surface area contributed by atoms with Crippen molar-refractivity contribution >= 4 is 6.16 Å². The van der Waals surface area contributed by atoms with Crippen molar-refractivity contribution in [2.24, 2.45) is 0 Å². The summed E-state index contributed by atoms with van der Waals surface area (Å²) < 4.78 is 0. The number of hydrogen-bond donors (Lipinski definition) is 2. The molecule has 0 saturated heterocycles. The lowest BCUT2D eigenvalue weighted by Gasteiger charge is -1.60. The van der Waals surface area contributed by atoms with Gasteiger partial charge < -0.3 is 10.2 Å². The van der Waals surface area contributed by atoms with Crippen molar-refractivity contribution < 1.29 is 15.0 Å². The van der Waals surface area contributed by atoms with Crippen LogP contribution >= 0.6 is 0 Å². The van der Waals surface area contributed by atoms with Gasteiger partial charge in [-0.05, 0) is 0 Å². The first-order chi connectivity index (χ1) is 1.73. The molecule has 0 aromatic heterocycles. The summed E-state index contributed by atoms with van der Waals surface area (Å²) in [5.74, 6) is 0. The minimum absolute atomic E-state index is 1.83. The lowest BCUT2D eigenvalue weighted by Crippen LogP contribution is -1.81. The first-order valence-electron chi connectivity index (χ1n) is 0.651. The first-order valence-corrected chi connectivity index (χ1v) is 0.651. The van der Waals surface area contributed by atoms with Crippen molar-refractivity contribution in [2.45, 2.75) is 0 Å². The number of carboxylic acid groups (broad SMARTS) is 2. The second-order valence-electron chi connectivity index (χ2n) is 0.283. The lowest BCUT2D eigenvalue weighted by molar-refractivity contribution is 0.137. The van der Waals surface area contributed by atoms with Gasteiger partial charge >= 0.3 is 6.16 Å². The Balaban J connectivity index is 2.80. The predicted molar refractivity (Wildman–Crippen MR) is 10.7 cm³/mol. The van der Waals surface area contributed by atoms with Crippen LogP contribution in [-0.4, -0.2) is 16.4 Å². The highest BCUT2D eigenvalue weighted by atomic mass is 18.4. The van der Waals surface area contributed by atoms with Crippen molar-refractivity contribution in [2.75, 3.05) is 0 Å². The van der Waals surface area contributed by atoms with Gasteiger partial charge in [0, 0.05) is 0 Å². The minimum Gasteiger partial charge on any atom is -0.450 e. The van der Waals surface area contributed by atoms with E-state index in [4.69, 9.17) is 15.0 Å². The average Bonchev–Trinajstić information content (AvgIpc) is 0.811. The van der Waals surface area contributed by atoms with Crippen molar-refractivity contribution in [1.82, 2.24) is 0 Å². The van der Waals surface area contributed by atoms with E-state index in [2.05, 4.69) is 0 Å². The molecule has 0 saturated carbocycles. The number of hydrogen-bond acceptors (Lipinski definition) is 1. The molecule has 0 aromatic rings. The molecule has 0 aliphatic heterocycles. The highest BCUT2D eigenvalue weighted by molar-refractivity contribution is 5.53. The van der Waals surface area contributed by atoms with Crippen molar-refractivity contribution in [1.29, 1.82) is 0 Å². The Bertz CT molecular complexity index is 26.3. The van der Waals surface area contributed by atoms with Crippen LogP contribution in [-0.2, 0) is 0 Å². The van der Waals surface area contributed by atoms with E-state index in [1.54, 1.807) is 0 Å². The van der Waals surface area contributed by atoms with E-state index < -0.39 is 6.16 Å². The molecular weight excluding hydrogens is 66.0 g/mol. The van der Waals surface area contributed by atoms with Crippen LogP contribution in [0.2, 0.25) is 0 Å². The fourth-order valence-electron chi connectivity index (χ4n) is 0. The summed E-state index contributed by atoms with van der Waals surface area (Å²) >= 11 is 0. The van der Waals surface area contributed by atoms with Crippen LogP contribution in [0.25, 0.3) is 0 Å². The van der Waals surface area contributed by atoms with E-state index in [0.29, 0.717) is 0 Å². The maximum Gasteiger partial charge on any atom is 0.503 e. The summed E-state index contributed by atoms with van der Waals surface area (Å²) in [6.07, 6.45) is -1.83. The van der Waals surface area contributed by atoms with Gasteiger partial charge in [-0.1, -0.05) is 0 Å². The molecule has 0 rings (SSSR count). The summed E-state index contributed by atoms with van der Waals surface area (Å²) in [6, 6.07) is 0. The topological polar surface area (TPSA) is 57.5 Å². The van der Waals surface area contributed by atoms with Crippen LogP contribution in [0.1, 0.15) is 0 Å². The van der Waals surface area contributed by atoms with Crippen LogP contribution in [0.4, 0.5) is 4.79 Å². The Hall–Kier alpha value is -0.730. The monoisotopic (exact) mass is 68.0 g/mol. The van der Waals surface area contributed by atoms with Crippen molar-refractivity contribution in [3.63, 3.8) is 0 Å². The summed E-state index contributed by atoms with van der Waals surface area (Å²) in [4.78, 5) is 8.56. The van der Waals surface area contributed by atoms with Crippen LogP contribution in [0.3, 0.4) is 0 Å². The molecule has 2 N–H and O–H groups in total. The van der Waals surface area contributed by atoms with Gasteiger partial charge in [0.05, 0.1) is 0 Å². The van der Waals surface area contributed by atoms with E-state index in [1.165, 1.54) is 0 Å². The quantitative estimate of drug-likeness (QED) is 0.399. The van der Waals surface area contributed by atoms with Crippen LogP contribution in [0.5, 0.6) is 0 Å². The molecule has 0 spiro atoms. The molecule has 0 amide bonds. The zero-order chi connectivity index (χ0) is 3.58. The largest absolute Gasteiger partial charge is 0.503 e. The molecule has 0 fully saturated rings. The van der Waals surface area contributed by atoms with Gasteiger partial charge in [-0.25, -0.2) is 4.79 Å². The van der Waals surface area contributed by atoms with Gasteiger partial charge in [-0.15, -0.1) is 0 Å². The number of carbonyl (C=O) groups is 1. The molecule has 4 heavy (non-hydrogen) atoms. The SMILES string of the molecule is [18O]=C([18OH])[18OH]. The molecule has 0 atom stereocenters. The molecule has 0 aliphatic rings. The molecule has 0 heterocycles. The molecule has 0 radical (unpaired) electrons. The molecular formula is CH2O3. The number of rotatable bonds is 0. The van der Waals surface area contributed by atoms with E-state index in [0.717, 1.165) is 0 Å². The zero-order valence-electron chi connectivity index (χ0n) is 1.80. The van der Waals surface area contributed by atoms with Crippen LogP contribution in [0.15, 0.2) is 0 Å². The van der Waals surface area contributed by atoms with E-state index in [-0.39, 0.29) is 0 Å². The van der Waals surface area contributed by atoms with Gasteiger partial charge in [0.25, 0.3) is 0 Å². The molecule has 3 nitrogen and oxygen atoms in total. The van der Waals surface area contributed by atoms with Crippen LogP contribution < -0.4 is 0 Å². The Labute approximate surface area is 22.5 Å². The molecule has 0 aliphatic carbocycles. The Morgan fingerprint density at radius 1 is 1.50 bits per heavy atom. The van der Waals surface area contributed by atoms with Gasteiger partial charge in [-0.2, -0.15) is 0 Å². The fraction of sp³-hybridized carbons (Fsp3) is 0. The summed E-state index contributed by atoms with van der Waals surface area (Å²) in [7, 11) is 0. The summed E-state index contributed by atoms with van der Waals surface area (Å²) in [5.41, 5.74) is 0. The maximum atomic E-state index is 8.56. The third-order valence-electron chi connectivity index (χ3n) is 0. The Morgan fingerprint density at radius 2 is 1.50 bits per heavy atom. The van der Waals surface area contributed by atoms with Crippen LogP contribution in [0, 0.1) is 0 Å². The first kappa shape index (κ1) is 3.27. The highest BCUT2D eigenvalue weighted by Crippen LogP contribution is 1.42. The predicted octanol–water partition coefficient (Wildman–Crippen LogP) is 0.222. The Kier molecular flexibility index (Phi) is 0.581. The third kappa shape index (κ3) is 0.174. The summed E-state index contributed by atoms with van der Waals surface area (Å²) in [6.45, 7) is 0. The second kappa shape index (κ2) is 0.711. The molecule has 0 unspecified atom stereocenters. The van der Waals surface area contributed by atoms with E-state index in [9.17, 15) is 0 Å². The second-order valence-corrected chi connectivity index (χ2v) is 0.283. The normalized spacial score (nSPS) is 6.00. The van der Waals surface area contributed by atoms with Gasteiger partial charge in [0.2, 0.25) is 0 Å². The van der Waals surface area contributed by atoms with Crippen molar-refractivity contribution in [3.8, 4) is 0 Å².